The van der Waals surface area contributed by atoms with Gasteiger partial charge >= 0.3 is 0 Å². The zero-order valence-electron chi connectivity index (χ0n) is 15.8. The first-order valence-electron chi connectivity index (χ1n) is 9.44. The molecule has 0 bridgehead atoms. The van der Waals surface area contributed by atoms with Crippen molar-refractivity contribution in [1.82, 2.24) is 4.90 Å². The summed E-state index contributed by atoms with van der Waals surface area (Å²) in [4.78, 5) is 19.9. The van der Waals surface area contributed by atoms with E-state index in [1.165, 1.54) is 15.3 Å². The van der Waals surface area contributed by atoms with Crippen molar-refractivity contribution in [2.24, 2.45) is 0 Å². The summed E-state index contributed by atoms with van der Waals surface area (Å²) in [6.45, 7) is 1.50. The number of hydrogen-bond donors (Lipinski definition) is 0. The lowest BCUT2D eigenvalue weighted by atomic mass is 9.98. The Morgan fingerprint density at radius 2 is 2.14 bits per heavy atom. The predicted molar refractivity (Wildman–Crippen MR) is 120 cm³/mol. The van der Waals surface area contributed by atoms with Crippen molar-refractivity contribution in [1.29, 1.82) is 5.26 Å². The Kier molecular flexibility index (Phi) is 6.31. The molecule has 4 rings (SSSR count). The van der Waals surface area contributed by atoms with E-state index in [1.807, 2.05) is 12.1 Å². The van der Waals surface area contributed by atoms with Crippen molar-refractivity contribution in [2.75, 3.05) is 24.5 Å². The molecule has 148 valence electrons. The van der Waals surface area contributed by atoms with Crippen molar-refractivity contribution >= 4 is 45.9 Å². The van der Waals surface area contributed by atoms with Gasteiger partial charge in [0.25, 0.3) is 0 Å². The molecule has 0 radical (unpaired) electrons. The third-order valence-electron chi connectivity index (χ3n) is 5.08. The van der Waals surface area contributed by atoms with E-state index in [0.717, 1.165) is 18.7 Å². The molecular weight excluding hydrogens is 422 g/mol. The number of nitrogens with zero attached hydrogens (tertiary/aromatic N) is 3. The molecule has 0 aliphatic carbocycles. The molecule has 0 spiro atoms. The second-order valence-electron chi connectivity index (χ2n) is 6.87. The van der Waals surface area contributed by atoms with Gasteiger partial charge in [0, 0.05) is 33.6 Å². The molecule has 1 amide bonds. The normalized spacial score (nSPS) is 16.2. The van der Waals surface area contributed by atoms with E-state index in [4.69, 9.17) is 16.9 Å². The molecule has 0 N–H and O–H groups in total. The minimum Gasteiger partial charge on any atom is -0.310 e. The van der Waals surface area contributed by atoms with Crippen LogP contribution in [0.15, 0.2) is 53.2 Å². The largest absolute Gasteiger partial charge is 0.310 e. The molecule has 1 aromatic carbocycles. The first-order valence-corrected chi connectivity index (χ1v) is 11.6. The monoisotopic (exact) mass is 441 g/mol. The van der Waals surface area contributed by atoms with Gasteiger partial charge in [-0.05, 0) is 53.1 Å². The Morgan fingerprint density at radius 3 is 2.90 bits per heavy atom. The van der Waals surface area contributed by atoms with Gasteiger partial charge in [-0.3, -0.25) is 9.69 Å². The molecule has 1 atom stereocenters. The highest BCUT2D eigenvalue weighted by molar-refractivity contribution is 7.10. The van der Waals surface area contributed by atoms with Gasteiger partial charge in [0.1, 0.15) is 0 Å². The van der Waals surface area contributed by atoms with Gasteiger partial charge in [-0.25, -0.2) is 0 Å². The molecule has 3 aromatic rings. The molecule has 7 heteroatoms. The van der Waals surface area contributed by atoms with Crippen LogP contribution in [0.25, 0.3) is 0 Å². The highest BCUT2D eigenvalue weighted by Crippen LogP contribution is 2.39. The number of anilines is 1. The van der Waals surface area contributed by atoms with E-state index in [2.05, 4.69) is 39.9 Å². The maximum atomic E-state index is 13.3. The zero-order valence-corrected chi connectivity index (χ0v) is 18.1. The summed E-state index contributed by atoms with van der Waals surface area (Å²) < 4.78 is 0. The van der Waals surface area contributed by atoms with Gasteiger partial charge in [-0.15, -0.1) is 22.7 Å². The van der Waals surface area contributed by atoms with Crippen molar-refractivity contribution < 1.29 is 4.79 Å². The molecule has 1 aliphatic rings. The molecule has 1 aliphatic heterocycles. The standard InChI is InChI=1S/C22H20ClN3OS2/c23-16-4-1-5-17(14-16)26(10-3-9-24)21(27)15-25-11-7-19-18(8-13-29-19)22(25)20-6-2-12-28-20/h1-2,4-6,8,12-14,22H,3,7,10-11,15H2/t22-/m0/s1. The number of hydrogen-bond acceptors (Lipinski definition) is 5. The summed E-state index contributed by atoms with van der Waals surface area (Å²) in [5.74, 6) is -0.0113. The number of benzene rings is 1. The van der Waals surface area contributed by atoms with Crippen LogP contribution in [0.3, 0.4) is 0 Å². The van der Waals surface area contributed by atoms with E-state index in [9.17, 15) is 4.79 Å². The maximum Gasteiger partial charge on any atom is 0.241 e. The number of carbonyl (C=O) groups is 1. The number of nitriles is 1. The van der Waals surface area contributed by atoms with Crippen LogP contribution in [0.2, 0.25) is 5.02 Å². The number of fused-ring (bicyclic) bond motifs is 1. The number of thiophene rings is 2. The Morgan fingerprint density at radius 1 is 1.24 bits per heavy atom. The van der Waals surface area contributed by atoms with Crippen molar-refractivity contribution in [3.63, 3.8) is 0 Å². The fourth-order valence-corrected chi connectivity index (χ4v) is 5.75. The third-order valence-corrected chi connectivity index (χ3v) is 7.24. The molecule has 29 heavy (non-hydrogen) atoms. The second kappa shape index (κ2) is 9.10. The minimum absolute atomic E-state index is 0.0113. The van der Waals surface area contributed by atoms with Crippen molar-refractivity contribution in [3.8, 4) is 6.07 Å². The van der Waals surface area contributed by atoms with E-state index < -0.39 is 0 Å². The number of rotatable bonds is 6. The molecule has 0 saturated heterocycles. The molecule has 0 unspecified atom stereocenters. The molecule has 2 aromatic heterocycles. The fourth-order valence-electron chi connectivity index (χ4n) is 3.78. The van der Waals surface area contributed by atoms with Crippen LogP contribution in [0.1, 0.15) is 27.8 Å². The minimum atomic E-state index is -0.0113. The highest BCUT2D eigenvalue weighted by atomic mass is 35.5. The third kappa shape index (κ3) is 4.39. The predicted octanol–water partition coefficient (Wildman–Crippen LogP) is 5.36. The number of amides is 1. The number of carbonyl (C=O) groups excluding carboxylic acids is 1. The van der Waals surface area contributed by atoms with Crippen LogP contribution in [0.4, 0.5) is 5.69 Å². The van der Waals surface area contributed by atoms with Crippen molar-refractivity contribution in [2.45, 2.75) is 18.9 Å². The summed E-state index contributed by atoms with van der Waals surface area (Å²) in [7, 11) is 0. The van der Waals surface area contributed by atoms with Crippen molar-refractivity contribution in [3.05, 3.63) is 73.6 Å². The van der Waals surface area contributed by atoms with E-state index in [1.54, 1.807) is 39.7 Å². The van der Waals surface area contributed by atoms with Crippen LogP contribution >= 0.6 is 34.3 Å². The first-order chi connectivity index (χ1) is 14.2. The average Bonchev–Trinajstić information content (AvgIpc) is 3.40. The van der Waals surface area contributed by atoms with Crippen LogP contribution in [0, 0.1) is 11.3 Å². The molecule has 3 heterocycles. The van der Waals surface area contributed by atoms with E-state index >= 15 is 0 Å². The lowest BCUT2D eigenvalue weighted by Gasteiger charge is -2.36. The quantitative estimate of drug-likeness (QED) is 0.517. The molecular formula is C22H20ClN3OS2. The Balaban J connectivity index is 1.60. The molecule has 0 fully saturated rings. The van der Waals surface area contributed by atoms with Gasteiger partial charge in [-0.2, -0.15) is 5.26 Å². The SMILES string of the molecule is N#CCCN(C(=O)CN1CCc2sccc2[C@H]1c1cccs1)c1cccc(Cl)c1. The summed E-state index contributed by atoms with van der Waals surface area (Å²) in [6, 6.07) is 15.9. The summed E-state index contributed by atoms with van der Waals surface area (Å²) in [6.07, 6.45) is 1.23. The summed E-state index contributed by atoms with van der Waals surface area (Å²) >= 11 is 9.66. The van der Waals surface area contributed by atoms with Gasteiger partial charge in [0.05, 0.1) is 25.1 Å². The number of halogens is 1. The second-order valence-corrected chi connectivity index (χ2v) is 9.29. The van der Waals surface area contributed by atoms with Crippen LogP contribution in [-0.2, 0) is 11.2 Å². The van der Waals surface area contributed by atoms with Gasteiger partial charge in [0.2, 0.25) is 5.91 Å². The van der Waals surface area contributed by atoms with Crippen LogP contribution in [-0.4, -0.2) is 30.4 Å². The van der Waals surface area contributed by atoms with Gasteiger partial charge in [0.15, 0.2) is 0 Å². The van der Waals surface area contributed by atoms with E-state index in [-0.39, 0.29) is 18.4 Å². The first kappa shape index (κ1) is 20.1. The lowest BCUT2D eigenvalue weighted by molar-refractivity contribution is -0.120. The maximum absolute atomic E-state index is 13.3. The molecule has 4 nitrogen and oxygen atoms in total. The smallest absolute Gasteiger partial charge is 0.241 e. The van der Waals surface area contributed by atoms with Crippen LogP contribution < -0.4 is 4.90 Å². The Labute approximate surface area is 183 Å². The summed E-state index contributed by atoms with van der Waals surface area (Å²) in [5, 5.41) is 13.9. The lowest BCUT2D eigenvalue weighted by Crippen LogP contribution is -2.44. The highest BCUT2D eigenvalue weighted by Gasteiger charge is 2.32. The zero-order chi connectivity index (χ0) is 20.2. The van der Waals surface area contributed by atoms with Crippen LogP contribution in [0.5, 0.6) is 0 Å². The topological polar surface area (TPSA) is 47.3 Å². The summed E-state index contributed by atoms with van der Waals surface area (Å²) in [5.41, 5.74) is 2.04. The van der Waals surface area contributed by atoms with Gasteiger partial charge in [-0.1, -0.05) is 23.7 Å². The Hall–Kier alpha value is -2.17. The van der Waals surface area contributed by atoms with E-state index in [0.29, 0.717) is 18.1 Å². The van der Waals surface area contributed by atoms with Gasteiger partial charge < -0.3 is 4.90 Å². The fraction of sp³-hybridized carbons (Fsp3) is 0.273. The molecule has 0 saturated carbocycles. The Bertz CT molecular complexity index is 1020. The average molecular weight is 442 g/mol.